The average Bonchev–Trinajstić information content (AvgIpc) is 2.96. The van der Waals surface area contributed by atoms with Crippen LogP contribution in [0.2, 0.25) is 0 Å². The van der Waals surface area contributed by atoms with Crippen LogP contribution in [0.5, 0.6) is 0 Å². The van der Waals surface area contributed by atoms with E-state index in [0.717, 1.165) is 18.7 Å². The van der Waals surface area contributed by atoms with E-state index in [4.69, 9.17) is 0 Å². The summed E-state index contributed by atoms with van der Waals surface area (Å²) in [6.07, 6.45) is 2.67. The van der Waals surface area contributed by atoms with Crippen molar-refractivity contribution in [1.29, 1.82) is 0 Å². The Morgan fingerprint density at radius 3 is 2.95 bits per heavy atom. The molecule has 0 spiro atoms. The molecular weight excluding hydrogens is 246 g/mol. The monoisotopic (exact) mass is 261 g/mol. The van der Waals surface area contributed by atoms with Gasteiger partial charge in [-0.1, -0.05) is 12.1 Å². The van der Waals surface area contributed by atoms with Gasteiger partial charge in [0.05, 0.1) is 18.4 Å². The van der Waals surface area contributed by atoms with Gasteiger partial charge in [0, 0.05) is 6.54 Å². The maximum atomic E-state index is 11.8. The van der Waals surface area contributed by atoms with Crippen LogP contribution in [-0.4, -0.2) is 38.1 Å². The lowest BCUT2D eigenvalue weighted by Gasteiger charge is -2.05. The Balaban J connectivity index is 1.88. The minimum absolute atomic E-state index is 0.215. The highest BCUT2D eigenvalue weighted by atomic mass is 16.1. The van der Waals surface area contributed by atoms with Gasteiger partial charge in [-0.25, -0.2) is 4.98 Å². The third-order valence-corrected chi connectivity index (χ3v) is 2.37. The van der Waals surface area contributed by atoms with Crippen molar-refractivity contribution in [2.45, 2.75) is 19.9 Å². The van der Waals surface area contributed by atoms with Crippen molar-refractivity contribution in [3.63, 3.8) is 0 Å². The van der Waals surface area contributed by atoms with Crippen molar-refractivity contribution >= 4 is 11.6 Å². The van der Waals surface area contributed by atoms with Gasteiger partial charge in [0.25, 0.3) is 5.91 Å². The Morgan fingerprint density at radius 2 is 2.32 bits per heavy atom. The van der Waals surface area contributed by atoms with Crippen LogP contribution in [0.25, 0.3) is 0 Å². The molecule has 0 atom stereocenters. The molecule has 0 fully saturated rings. The van der Waals surface area contributed by atoms with Crippen LogP contribution in [0.15, 0.2) is 18.3 Å². The first-order valence-electron chi connectivity index (χ1n) is 6.00. The Kier molecular flexibility index (Phi) is 4.38. The van der Waals surface area contributed by atoms with Gasteiger partial charge in [0.2, 0.25) is 0 Å². The summed E-state index contributed by atoms with van der Waals surface area (Å²) in [4.78, 5) is 15.9. The number of rotatable bonds is 6. The predicted octanol–water partition coefficient (Wildman–Crippen LogP) is 0.347. The molecule has 2 heterocycles. The van der Waals surface area contributed by atoms with E-state index in [1.165, 1.54) is 0 Å². The number of H-pyrrole nitrogens is 1. The van der Waals surface area contributed by atoms with Crippen LogP contribution in [0.4, 0.5) is 5.69 Å². The zero-order valence-electron chi connectivity index (χ0n) is 10.6. The summed E-state index contributed by atoms with van der Waals surface area (Å²) < 4.78 is 0. The van der Waals surface area contributed by atoms with Crippen molar-refractivity contribution in [3.8, 4) is 0 Å². The molecule has 0 aliphatic heterocycles. The van der Waals surface area contributed by atoms with Gasteiger partial charge in [0.15, 0.2) is 5.82 Å². The molecule has 0 aliphatic carbocycles. The van der Waals surface area contributed by atoms with Crippen LogP contribution in [-0.2, 0) is 6.54 Å². The number of nitrogens with one attached hydrogen (secondary N) is 3. The van der Waals surface area contributed by atoms with Gasteiger partial charge in [0.1, 0.15) is 5.69 Å². The fourth-order valence-corrected chi connectivity index (χ4v) is 1.41. The average molecular weight is 261 g/mol. The lowest BCUT2D eigenvalue weighted by atomic mass is 10.3. The highest BCUT2D eigenvalue weighted by Gasteiger charge is 2.08. The summed E-state index contributed by atoms with van der Waals surface area (Å²) in [5, 5.41) is 19.0. The van der Waals surface area contributed by atoms with E-state index in [0.29, 0.717) is 11.5 Å². The normalized spacial score (nSPS) is 10.2. The molecule has 0 bridgehead atoms. The standard InChI is InChI=1S/C11H15N7O/c1-2-5-12-8-3-4-9(13-6-8)11(19)14-7-10-15-17-18-16-10/h3-4,6,12H,2,5,7H2,1H3,(H,14,19)(H,15,16,17,18). The Morgan fingerprint density at radius 1 is 1.42 bits per heavy atom. The quantitative estimate of drug-likeness (QED) is 0.692. The van der Waals surface area contributed by atoms with Gasteiger partial charge < -0.3 is 10.6 Å². The zero-order chi connectivity index (χ0) is 13.5. The number of amides is 1. The lowest BCUT2D eigenvalue weighted by molar-refractivity contribution is 0.0945. The fourth-order valence-electron chi connectivity index (χ4n) is 1.41. The molecule has 0 aromatic carbocycles. The molecule has 19 heavy (non-hydrogen) atoms. The van der Waals surface area contributed by atoms with E-state index < -0.39 is 0 Å². The van der Waals surface area contributed by atoms with Gasteiger partial charge in [-0.15, -0.1) is 10.2 Å². The van der Waals surface area contributed by atoms with Gasteiger partial charge >= 0.3 is 0 Å². The Bertz CT molecular complexity index is 508. The second-order valence-electron chi connectivity index (χ2n) is 3.87. The Labute approximate surface area is 110 Å². The third-order valence-electron chi connectivity index (χ3n) is 2.37. The van der Waals surface area contributed by atoms with E-state index in [2.05, 4.69) is 43.2 Å². The lowest BCUT2D eigenvalue weighted by Crippen LogP contribution is -2.24. The van der Waals surface area contributed by atoms with E-state index in [-0.39, 0.29) is 12.5 Å². The molecule has 8 nitrogen and oxygen atoms in total. The highest BCUT2D eigenvalue weighted by Crippen LogP contribution is 2.06. The topological polar surface area (TPSA) is 108 Å². The third kappa shape index (κ3) is 3.73. The van der Waals surface area contributed by atoms with Crippen molar-refractivity contribution in [2.24, 2.45) is 0 Å². The first kappa shape index (κ1) is 12.9. The summed E-state index contributed by atoms with van der Waals surface area (Å²) in [6.45, 7) is 3.18. The molecule has 0 aliphatic rings. The molecule has 3 N–H and O–H groups in total. The van der Waals surface area contributed by atoms with Gasteiger partial charge in [-0.2, -0.15) is 5.21 Å². The van der Waals surface area contributed by atoms with Gasteiger partial charge in [-0.3, -0.25) is 4.79 Å². The molecule has 8 heteroatoms. The van der Waals surface area contributed by atoms with Crippen molar-refractivity contribution in [1.82, 2.24) is 30.9 Å². The smallest absolute Gasteiger partial charge is 0.270 e. The first-order chi connectivity index (χ1) is 9.29. The molecule has 100 valence electrons. The summed E-state index contributed by atoms with van der Waals surface area (Å²) >= 11 is 0. The molecule has 0 unspecified atom stereocenters. The molecule has 2 aromatic rings. The number of tetrazole rings is 1. The molecule has 0 radical (unpaired) electrons. The van der Waals surface area contributed by atoms with Gasteiger partial charge in [-0.05, 0) is 18.6 Å². The number of pyridine rings is 1. The van der Waals surface area contributed by atoms with E-state index in [1.54, 1.807) is 12.3 Å². The number of hydrogen-bond acceptors (Lipinski definition) is 6. The molecule has 0 saturated heterocycles. The maximum Gasteiger partial charge on any atom is 0.270 e. The maximum absolute atomic E-state index is 11.8. The highest BCUT2D eigenvalue weighted by molar-refractivity contribution is 5.92. The molecule has 2 aromatic heterocycles. The summed E-state index contributed by atoms with van der Waals surface area (Å²) in [7, 11) is 0. The summed E-state index contributed by atoms with van der Waals surface area (Å²) in [5.74, 6) is 0.154. The van der Waals surface area contributed by atoms with Crippen LogP contribution >= 0.6 is 0 Å². The number of anilines is 1. The minimum atomic E-state index is -0.271. The first-order valence-corrected chi connectivity index (χ1v) is 6.00. The number of hydrogen-bond donors (Lipinski definition) is 3. The molecule has 0 saturated carbocycles. The number of aromatic amines is 1. The zero-order valence-corrected chi connectivity index (χ0v) is 10.6. The molecule has 2 rings (SSSR count). The van der Waals surface area contributed by atoms with Crippen molar-refractivity contribution < 1.29 is 4.79 Å². The number of carbonyl (C=O) groups is 1. The minimum Gasteiger partial charge on any atom is -0.384 e. The Hall–Kier alpha value is -2.51. The predicted molar refractivity (Wildman–Crippen MR) is 68.4 cm³/mol. The van der Waals surface area contributed by atoms with Crippen LogP contribution in [0.3, 0.4) is 0 Å². The van der Waals surface area contributed by atoms with E-state index >= 15 is 0 Å². The summed E-state index contributed by atoms with van der Waals surface area (Å²) in [6, 6.07) is 3.50. The molecule has 1 amide bonds. The van der Waals surface area contributed by atoms with Crippen LogP contribution in [0, 0.1) is 0 Å². The summed E-state index contributed by atoms with van der Waals surface area (Å²) in [5.41, 5.74) is 1.25. The number of aromatic nitrogens is 5. The fraction of sp³-hybridized carbons (Fsp3) is 0.364. The second-order valence-corrected chi connectivity index (χ2v) is 3.87. The largest absolute Gasteiger partial charge is 0.384 e. The van der Waals surface area contributed by atoms with Crippen molar-refractivity contribution in [2.75, 3.05) is 11.9 Å². The van der Waals surface area contributed by atoms with Crippen molar-refractivity contribution in [3.05, 3.63) is 29.8 Å². The molecular formula is C11H15N7O. The second kappa shape index (κ2) is 6.43. The van der Waals surface area contributed by atoms with Crippen LogP contribution < -0.4 is 10.6 Å². The van der Waals surface area contributed by atoms with E-state index in [9.17, 15) is 4.79 Å². The van der Waals surface area contributed by atoms with Crippen LogP contribution in [0.1, 0.15) is 29.7 Å². The SMILES string of the molecule is CCCNc1ccc(C(=O)NCc2nn[nH]n2)nc1. The number of carbonyl (C=O) groups excluding carboxylic acids is 1. The number of nitrogens with zero attached hydrogens (tertiary/aromatic N) is 4. The van der Waals surface area contributed by atoms with E-state index in [1.807, 2.05) is 6.07 Å².